The summed E-state index contributed by atoms with van der Waals surface area (Å²) in [6.45, 7) is 6.66. The number of ketones is 1. The number of allylic oxidation sites excluding steroid dienone is 2. The molecule has 6 nitrogen and oxygen atoms in total. The first-order valence-electron chi connectivity index (χ1n) is 6.32. The molecule has 0 bridgehead atoms. The number of rotatable bonds is 3. The summed E-state index contributed by atoms with van der Waals surface area (Å²) in [6.07, 6.45) is 4.80. The van der Waals surface area contributed by atoms with E-state index >= 15 is 0 Å². The second kappa shape index (κ2) is 5.90. The molecule has 1 atom stereocenters. The van der Waals surface area contributed by atoms with Crippen molar-refractivity contribution in [2.24, 2.45) is 0 Å². The van der Waals surface area contributed by atoms with E-state index in [4.69, 9.17) is 9.47 Å². The minimum absolute atomic E-state index is 0.0859. The highest BCUT2D eigenvalue weighted by atomic mass is 16.6. The van der Waals surface area contributed by atoms with Crippen LogP contribution in [0.5, 0.6) is 0 Å². The van der Waals surface area contributed by atoms with Gasteiger partial charge in [-0.25, -0.2) is 4.79 Å². The molecule has 1 aliphatic carbocycles. The summed E-state index contributed by atoms with van der Waals surface area (Å²) >= 11 is 0. The number of nitrogens with one attached hydrogen (secondary N) is 1. The first kappa shape index (κ1) is 15.9. The predicted octanol–water partition coefficient (Wildman–Crippen LogP) is 1.86. The summed E-state index contributed by atoms with van der Waals surface area (Å²) in [5, 5.41) is 2.31. The van der Waals surface area contributed by atoms with Gasteiger partial charge in [0.2, 0.25) is 5.78 Å². The number of carbonyl (C=O) groups excluding carboxylic acids is 3. The molecule has 1 amide bonds. The monoisotopic (exact) mass is 281 g/mol. The Labute approximate surface area is 117 Å². The van der Waals surface area contributed by atoms with Gasteiger partial charge in [0.15, 0.2) is 0 Å². The second-order valence-corrected chi connectivity index (χ2v) is 5.27. The molecule has 6 heteroatoms. The van der Waals surface area contributed by atoms with E-state index in [-0.39, 0.29) is 6.42 Å². The van der Waals surface area contributed by atoms with Gasteiger partial charge < -0.3 is 9.47 Å². The Morgan fingerprint density at radius 3 is 2.45 bits per heavy atom. The number of carbonyl (C=O) groups is 3. The molecule has 0 aromatic heterocycles. The highest BCUT2D eigenvalue weighted by molar-refractivity contribution is 6.02. The maximum absolute atomic E-state index is 12.0. The highest BCUT2D eigenvalue weighted by Crippen LogP contribution is 2.18. The zero-order valence-electron chi connectivity index (χ0n) is 12.1. The van der Waals surface area contributed by atoms with Crippen molar-refractivity contribution in [3.63, 3.8) is 0 Å². The van der Waals surface area contributed by atoms with Crippen molar-refractivity contribution in [2.75, 3.05) is 0 Å². The molecule has 0 radical (unpaired) electrons. The van der Waals surface area contributed by atoms with E-state index in [0.29, 0.717) is 0 Å². The van der Waals surface area contributed by atoms with Gasteiger partial charge in [-0.05, 0) is 32.9 Å². The Morgan fingerprint density at radius 2 is 1.95 bits per heavy atom. The number of ether oxygens (including phenoxy) is 2. The Balaban J connectivity index is 2.92. The van der Waals surface area contributed by atoms with E-state index in [9.17, 15) is 14.4 Å². The fourth-order valence-electron chi connectivity index (χ4n) is 1.46. The summed E-state index contributed by atoms with van der Waals surface area (Å²) < 4.78 is 10.2. The van der Waals surface area contributed by atoms with E-state index in [1.165, 1.54) is 24.3 Å². The molecule has 0 aliphatic heterocycles. The van der Waals surface area contributed by atoms with E-state index in [2.05, 4.69) is 5.32 Å². The SMILES string of the molecule is CCC(=O)OC1(NC(=O)OC(C)(C)C)C=CC=CC1=O. The number of hydrogen-bond acceptors (Lipinski definition) is 5. The standard InChI is InChI=1S/C14H19NO5/c1-5-11(17)19-14(9-7-6-8-10(14)16)15-12(18)20-13(2,3)4/h6-9H,5H2,1-4H3,(H,15,18). The molecule has 1 unspecified atom stereocenters. The van der Waals surface area contributed by atoms with Gasteiger partial charge in [0.25, 0.3) is 5.72 Å². The smallest absolute Gasteiger partial charge is 0.411 e. The summed E-state index contributed by atoms with van der Waals surface area (Å²) in [4.78, 5) is 35.3. The number of hydrogen-bond donors (Lipinski definition) is 1. The van der Waals surface area contributed by atoms with Crippen LogP contribution in [-0.2, 0) is 19.1 Å². The van der Waals surface area contributed by atoms with E-state index < -0.39 is 29.2 Å². The molecule has 0 spiro atoms. The molecule has 20 heavy (non-hydrogen) atoms. The lowest BCUT2D eigenvalue weighted by Gasteiger charge is -2.31. The van der Waals surface area contributed by atoms with E-state index in [1.807, 2.05) is 0 Å². The molecule has 0 saturated carbocycles. The van der Waals surface area contributed by atoms with Gasteiger partial charge in [-0.2, -0.15) is 0 Å². The number of amides is 1. The van der Waals surface area contributed by atoms with Gasteiger partial charge in [0, 0.05) is 6.42 Å². The zero-order valence-corrected chi connectivity index (χ0v) is 12.1. The van der Waals surface area contributed by atoms with Gasteiger partial charge in [0.05, 0.1) is 0 Å². The van der Waals surface area contributed by atoms with Gasteiger partial charge in [-0.1, -0.05) is 19.1 Å². The van der Waals surface area contributed by atoms with Crippen molar-refractivity contribution in [3.8, 4) is 0 Å². The fraction of sp³-hybridized carbons (Fsp3) is 0.500. The predicted molar refractivity (Wildman–Crippen MR) is 71.8 cm³/mol. The molecule has 110 valence electrons. The van der Waals surface area contributed by atoms with Gasteiger partial charge in [0.1, 0.15) is 5.60 Å². The molecular weight excluding hydrogens is 262 g/mol. The molecule has 0 aromatic rings. The average Bonchev–Trinajstić information content (AvgIpc) is 2.30. The lowest BCUT2D eigenvalue weighted by molar-refractivity contribution is -0.163. The van der Waals surface area contributed by atoms with Crippen molar-refractivity contribution in [1.82, 2.24) is 5.32 Å². The molecule has 0 aromatic carbocycles. The molecule has 1 rings (SSSR count). The summed E-state index contributed by atoms with van der Waals surface area (Å²) in [6, 6.07) is 0. The topological polar surface area (TPSA) is 81.7 Å². The van der Waals surface area contributed by atoms with Crippen LogP contribution in [0, 0.1) is 0 Å². The van der Waals surface area contributed by atoms with Crippen LogP contribution < -0.4 is 5.32 Å². The summed E-state index contributed by atoms with van der Waals surface area (Å²) in [5.74, 6) is -1.15. The summed E-state index contributed by atoms with van der Waals surface area (Å²) in [5.41, 5.74) is -2.55. The van der Waals surface area contributed by atoms with Crippen LogP contribution >= 0.6 is 0 Å². The summed E-state index contributed by atoms with van der Waals surface area (Å²) in [7, 11) is 0. The fourth-order valence-corrected chi connectivity index (χ4v) is 1.46. The molecule has 1 N–H and O–H groups in total. The average molecular weight is 281 g/mol. The zero-order chi connectivity index (χ0) is 15.4. The maximum atomic E-state index is 12.0. The van der Waals surface area contributed by atoms with Crippen molar-refractivity contribution >= 4 is 17.8 Å². The van der Waals surface area contributed by atoms with Crippen LogP contribution in [0.2, 0.25) is 0 Å². The van der Waals surface area contributed by atoms with Crippen molar-refractivity contribution < 1.29 is 23.9 Å². The second-order valence-electron chi connectivity index (χ2n) is 5.27. The third-order valence-corrected chi connectivity index (χ3v) is 2.31. The van der Waals surface area contributed by atoms with Gasteiger partial charge >= 0.3 is 12.1 Å². The van der Waals surface area contributed by atoms with Gasteiger partial charge in [-0.3, -0.25) is 14.9 Å². The lowest BCUT2D eigenvalue weighted by Crippen LogP contribution is -2.57. The minimum Gasteiger partial charge on any atom is -0.444 e. The van der Waals surface area contributed by atoms with Crippen molar-refractivity contribution in [2.45, 2.75) is 45.4 Å². The minimum atomic E-state index is -1.83. The van der Waals surface area contributed by atoms with Crippen LogP contribution in [-0.4, -0.2) is 29.2 Å². The van der Waals surface area contributed by atoms with E-state index in [1.54, 1.807) is 27.7 Å². The molecular formula is C14H19NO5. The molecule has 0 heterocycles. The molecule has 0 fully saturated rings. The number of esters is 1. The van der Waals surface area contributed by atoms with Crippen LogP contribution in [0.25, 0.3) is 0 Å². The first-order chi connectivity index (χ1) is 9.18. The van der Waals surface area contributed by atoms with E-state index in [0.717, 1.165) is 0 Å². The Kier molecular flexibility index (Phi) is 4.70. The van der Waals surface area contributed by atoms with Crippen LogP contribution in [0.3, 0.4) is 0 Å². The highest BCUT2D eigenvalue weighted by Gasteiger charge is 2.42. The largest absolute Gasteiger partial charge is 0.444 e. The van der Waals surface area contributed by atoms with Crippen LogP contribution in [0.4, 0.5) is 4.79 Å². The lowest BCUT2D eigenvalue weighted by atomic mass is 10.0. The first-order valence-corrected chi connectivity index (χ1v) is 6.32. The van der Waals surface area contributed by atoms with Gasteiger partial charge in [-0.15, -0.1) is 0 Å². The third-order valence-electron chi connectivity index (χ3n) is 2.31. The Morgan fingerprint density at radius 1 is 1.30 bits per heavy atom. The molecule has 0 saturated heterocycles. The van der Waals surface area contributed by atoms with Crippen LogP contribution in [0.1, 0.15) is 34.1 Å². The Hall–Kier alpha value is -2.11. The third kappa shape index (κ3) is 4.22. The van der Waals surface area contributed by atoms with Crippen LogP contribution in [0.15, 0.2) is 24.3 Å². The normalized spacial score (nSPS) is 21.5. The molecule has 1 aliphatic rings. The number of alkyl carbamates (subject to hydrolysis) is 1. The van der Waals surface area contributed by atoms with Crippen molar-refractivity contribution in [3.05, 3.63) is 24.3 Å². The maximum Gasteiger partial charge on any atom is 0.411 e. The van der Waals surface area contributed by atoms with Crippen molar-refractivity contribution in [1.29, 1.82) is 0 Å². The quantitative estimate of drug-likeness (QED) is 0.630. The Bertz CT molecular complexity index is 472.